The summed E-state index contributed by atoms with van der Waals surface area (Å²) in [6, 6.07) is -0.338. The lowest BCUT2D eigenvalue weighted by atomic mass is 10.1. The Morgan fingerprint density at radius 1 is 1.47 bits per heavy atom. The van der Waals surface area contributed by atoms with Crippen molar-refractivity contribution in [2.75, 3.05) is 27.3 Å². The fourth-order valence-corrected chi connectivity index (χ4v) is 2.17. The number of ether oxygens (including phenoxy) is 2. The Bertz CT molecular complexity index is 192. The quantitative estimate of drug-likeness (QED) is 0.702. The van der Waals surface area contributed by atoms with Gasteiger partial charge in [-0.15, -0.1) is 0 Å². The van der Waals surface area contributed by atoms with E-state index in [0.29, 0.717) is 6.61 Å². The third-order valence-electron chi connectivity index (χ3n) is 2.90. The van der Waals surface area contributed by atoms with Gasteiger partial charge in [0.25, 0.3) is 6.43 Å². The van der Waals surface area contributed by atoms with Crippen LogP contribution in [0.25, 0.3) is 0 Å². The van der Waals surface area contributed by atoms with E-state index in [4.69, 9.17) is 9.47 Å². The predicted molar refractivity (Wildman–Crippen MR) is 53.3 cm³/mol. The van der Waals surface area contributed by atoms with Crippen LogP contribution in [0.4, 0.5) is 8.78 Å². The highest BCUT2D eigenvalue weighted by Crippen LogP contribution is 2.26. The van der Waals surface area contributed by atoms with E-state index >= 15 is 0 Å². The van der Waals surface area contributed by atoms with Crippen LogP contribution in [0.5, 0.6) is 0 Å². The smallest absolute Gasteiger partial charge is 0.265 e. The van der Waals surface area contributed by atoms with Gasteiger partial charge in [-0.3, -0.25) is 4.90 Å². The first-order valence-electron chi connectivity index (χ1n) is 5.24. The highest BCUT2D eigenvalue weighted by molar-refractivity contribution is 4.93. The van der Waals surface area contributed by atoms with Crippen molar-refractivity contribution in [2.45, 2.75) is 38.0 Å². The average Bonchev–Trinajstić information content (AvgIpc) is 2.55. The second-order valence-corrected chi connectivity index (χ2v) is 3.79. The van der Waals surface area contributed by atoms with Crippen LogP contribution in [-0.4, -0.2) is 56.9 Å². The summed E-state index contributed by atoms with van der Waals surface area (Å²) in [5.74, 6) is 0. The third kappa shape index (κ3) is 2.86. The molecule has 0 N–H and O–H groups in total. The zero-order valence-electron chi connectivity index (χ0n) is 9.45. The molecule has 1 rings (SSSR count). The van der Waals surface area contributed by atoms with E-state index in [0.717, 1.165) is 13.0 Å². The van der Waals surface area contributed by atoms with Crippen molar-refractivity contribution in [1.82, 2.24) is 4.90 Å². The molecule has 0 aliphatic carbocycles. The fraction of sp³-hybridized carbons (Fsp3) is 1.00. The predicted octanol–water partition coefficient (Wildman–Crippen LogP) is 1.38. The van der Waals surface area contributed by atoms with Crippen molar-refractivity contribution in [3.8, 4) is 0 Å². The monoisotopic (exact) mass is 223 g/mol. The second kappa shape index (κ2) is 5.72. The first-order chi connectivity index (χ1) is 7.11. The first-order valence-corrected chi connectivity index (χ1v) is 5.24. The molecule has 0 aromatic heterocycles. The molecule has 0 spiro atoms. The summed E-state index contributed by atoms with van der Waals surface area (Å²) in [6.45, 7) is 2.81. The maximum atomic E-state index is 12.8. The molecule has 1 aliphatic heterocycles. The Balaban J connectivity index is 2.70. The topological polar surface area (TPSA) is 21.7 Å². The summed E-state index contributed by atoms with van der Waals surface area (Å²) in [6.07, 6.45) is -2.88. The van der Waals surface area contributed by atoms with Crippen LogP contribution in [0.1, 0.15) is 13.3 Å². The standard InChI is InChI=1S/C10H19F2NO2/c1-4-15-9(10(11)12)8-7(14-3)5-6-13(8)2/h7-10H,4-6H2,1-3H3/t7-,8-,9+/m0/s1. The SMILES string of the molecule is CCO[C@@H](C(F)F)[C@@H]1[C@@H](OC)CCN1C. The van der Waals surface area contributed by atoms with Crippen molar-refractivity contribution in [1.29, 1.82) is 0 Å². The van der Waals surface area contributed by atoms with Crippen molar-refractivity contribution in [2.24, 2.45) is 0 Å². The van der Waals surface area contributed by atoms with Crippen LogP contribution in [0, 0.1) is 0 Å². The summed E-state index contributed by atoms with van der Waals surface area (Å²) in [4.78, 5) is 1.89. The lowest BCUT2D eigenvalue weighted by molar-refractivity contribution is -0.107. The van der Waals surface area contributed by atoms with Gasteiger partial charge in [0.1, 0.15) is 6.10 Å². The van der Waals surface area contributed by atoms with Gasteiger partial charge in [0.05, 0.1) is 12.1 Å². The van der Waals surface area contributed by atoms with Crippen molar-refractivity contribution in [3.05, 3.63) is 0 Å². The molecule has 3 nitrogen and oxygen atoms in total. The van der Waals surface area contributed by atoms with Gasteiger partial charge in [0, 0.05) is 20.3 Å². The normalized spacial score (nSPS) is 30.0. The molecule has 5 heteroatoms. The van der Waals surface area contributed by atoms with Crippen LogP contribution in [0.2, 0.25) is 0 Å². The lowest BCUT2D eigenvalue weighted by Gasteiger charge is -2.31. The van der Waals surface area contributed by atoms with Crippen LogP contribution in [-0.2, 0) is 9.47 Å². The molecular formula is C10H19F2NO2. The van der Waals surface area contributed by atoms with Crippen LogP contribution in [0.3, 0.4) is 0 Å². The van der Waals surface area contributed by atoms with E-state index in [2.05, 4.69) is 0 Å². The Labute approximate surface area is 89.3 Å². The molecule has 0 aromatic carbocycles. The maximum absolute atomic E-state index is 12.8. The zero-order chi connectivity index (χ0) is 11.4. The van der Waals surface area contributed by atoms with Gasteiger partial charge in [0.15, 0.2) is 0 Å². The van der Waals surface area contributed by atoms with Gasteiger partial charge in [-0.05, 0) is 20.4 Å². The van der Waals surface area contributed by atoms with Gasteiger partial charge >= 0.3 is 0 Å². The number of rotatable bonds is 5. The molecule has 15 heavy (non-hydrogen) atoms. The van der Waals surface area contributed by atoms with E-state index in [1.54, 1.807) is 14.0 Å². The molecule has 1 heterocycles. The highest BCUT2D eigenvalue weighted by atomic mass is 19.3. The summed E-state index contributed by atoms with van der Waals surface area (Å²) in [5, 5.41) is 0. The van der Waals surface area contributed by atoms with Crippen LogP contribution < -0.4 is 0 Å². The van der Waals surface area contributed by atoms with Gasteiger partial charge in [-0.2, -0.15) is 0 Å². The Hall–Kier alpha value is -0.260. The average molecular weight is 223 g/mol. The van der Waals surface area contributed by atoms with Crippen LogP contribution >= 0.6 is 0 Å². The summed E-state index contributed by atoms with van der Waals surface area (Å²) in [5.41, 5.74) is 0. The maximum Gasteiger partial charge on any atom is 0.265 e. The molecule has 0 radical (unpaired) electrons. The van der Waals surface area contributed by atoms with E-state index in [1.807, 2.05) is 11.9 Å². The molecule has 90 valence electrons. The van der Waals surface area contributed by atoms with E-state index in [1.165, 1.54) is 0 Å². The molecule has 3 atom stereocenters. The molecule has 0 unspecified atom stereocenters. The number of alkyl halides is 2. The molecular weight excluding hydrogens is 204 g/mol. The van der Waals surface area contributed by atoms with Gasteiger partial charge in [0.2, 0.25) is 0 Å². The van der Waals surface area contributed by atoms with E-state index in [9.17, 15) is 8.78 Å². The lowest BCUT2D eigenvalue weighted by Crippen LogP contribution is -2.48. The van der Waals surface area contributed by atoms with Gasteiger partial charge < -0.3 is 9.47 Å². The number of likely N-dealkylation sites (tertiary alicyclic amines) is 1. The molecule has 0 saturated carbocycles. The number of methoxy groups -OCH3 is 1. The van der Waals surface area contributed by atoms with Crippen molar-refractivity contribution >= 4 is 0 Å². The van der Waals surface area contributed by atoms with Gasteiger partial charge in [-0.25, -0.2) is 8.78 Å². The minimum absolute atomic E-state index is 0.152. The fourth-order valence-electron chi connectivity index (χ4n) is 2.17. The third-order valence-corrected chi connectivity index (χ3v) is 2.90. The minimum atomic E-state index is -2.46. The minimum Gasteiger partial charge on any atom is -0.380 e. The Morgan fingerprint density at radius 2 is 2.13 bits per heavy atom. The molecule has 0 amide bonds. The number of hydrogen-bond acceptors (Lipinski definition) is 3. The summed E-state index contributed by atoms with van der Waals surface area (Å²) in [7, 11) is 3.39. The van der Waals surface area contributed by atoms with Crippen LogP contribution in [0.15, 0.2) is 0 Å². The molecule has 1 saturated heterocycles. The Kier molecular flexibility index (Phi) is 4.89. The van der Waals surface area contributed by atoms with Crippen molar-refractivity contribution in [3.63, 3.8) is 0 Å². The second-order valence-electron chi connectivity index (χ2n) is 3.79. The van der Waals surface area contributed by atoms with Gasteiger partial charge in [-0.1, -0.05) is 0 Å². The van der Waals surface area contributed by atoms with Crippen molar-refractivity contribution < 1.29 is 18.3 Å². The first kappa shape index (κ1) is 12.8. The molecule has 1 fully saturated rings. The number of nitrogens with zero attached hydrogens (tertiary/aromatic N) is 1. The summed E-state index contributed by atoms with van der Waals surface area (Å²) < 4.78 is 36.0. The Morgan fingerprint density at radius 3 is 2.60 bits per heavy atom. The largest absolute Gasteiger partial charge is 0.380 e. The number of hydrogen-bond donors (Lipinski definition) is 0. The molecule has 1 aliphatic rings. The van der Waals surface area contributed by atoms with E-state index in [-0.39, 0.29) is 12.1 Å². The zero-order valence-corrected chi connectivity index (χ0v) is 9.45. The highest BCUT2D eigenvalue weighted by Gasteiger charge is 2.42. The van der Waals surface area contributed by atoms with E-state index < -0.39 is 12.5 Å². The number of halogens is 2. The molecule has 0 aromatic rings. The number of likely N-dealkylation sites (N-methyl/N-ethyl adjacent to an activating group) is 1. The molecule has 0 bridgehead atoms. The summed E-state index contributed by atoms with van der Waals surface area (Å²) >= 11 is 0.